The molecule has 1 aromatic heterocycles. The van der Waals surface area contributed by atoms with Crippen molar-refractivity contribution >= 4 is 0 Å². The topological polar surface area (TPSA) is 67.2 Å². The van der Waals surface area contributed by atoms with Gasteiger partial charge in [-0.1, -0.05) is 30.3 Å². The molecule has 1 aliphatic heterocycles. The normalized spacial score (nSPS) is 17.8. The number of imidazole rings is 1. The summed E-state index contributed by atoms with van der Waals surface area (Å²) in [4.78, 5) is 10.6. The van der Waals surface area contributed by atoms with Crippen molar-refractivity contribution < 1.29 is 4.74 Å². The summed E-state index contributed by atoms with van der Waals surface area (Å²) in [5.74, 6) is 0.912. The van der Waals surface area contributed by atoms with Gasteiger partial charge in [0.05, 0.1) is 24.9 Å². The summed E-state index contributed by atoms with van der Waals surface area (Å²) in [5.41, 5.74) is 9.26. The molecule has 1 fully saturated rings. The number of nitrogens with two attached hydrogens (primary N) is 1. The molecule has 0 spiro atoms. The van der Waals surface area contributed by atoms with Crippen LogP contribution in [0.25, 0.3) is 11.4 Å². The number of nitrogens with one attached hydrogen (secondary N) is 1. The van der Waals surface area contributed by atoms with Gasteiger partial charge in [-0.2, -0.15) is 0 Å². The van der Waals surface area contributed by atoms with Crippen LogP contribution in [0.3, 0.4) is 0 Å². The minimum absolute atomic E-state index is 0.155. The monoisotopic (exact) mass is 286 g/mol. The molecule has 0 bridgehead atoms. The largest absolute Gasteiger partial charge is 0.379 e. The van der Waals surface area contributed by atoms with Crippen LogP contribution in [0.5, 0.6) is 0 Å². The van der Waals surface area contributed by atoms with Gasteiger partial charge < -0.3 is 15.5 Å². The maximum Gasteiger partial charge on any atom is 0.137 e. The maximum absolute atomic E-state index is 6.02. The van der Waals surface area contributed by atoms with Crippen molar-refractivity contribution in [3.05, 3.63) is 41.7 Å². The molecule has 112 valence electrons. The molecule has 0 amide bonds. The number of H-pyrrole nitrogens is 1. The zero-order chi connectivity index (χ0) is 14.7. The van der Waals surface area contributed by atoms with Crippen LogP contribution in [0, 0.1) is 6.92 Å². The van der Waals surface area contributed by atoms with E-state index in [-0.39, 0.29) is 6.04 Å². The summed E-state index contributed by atoms with van der Waals surface area (Å²) in [7, 11) is 0. The molecule has 1 unspecified atom stereocenters. The third kappa shape index (κ3) is 3.00. The molecule has 3 rings (SSSR count). The molecule has 0 aliphatic carbocycles. The number of aromatic nitrogens is 2. The fourth-order valence-corrected chi connectivity index (χ4v) is 2.85. The first kappa shape index (κ1) is 14.3. The molecule has 5 nitrogen and oxygen atoms in total. The lowest BCUT2D eigenvalue weighted by Gasteiger charge is -2.33. The first-order chi connectivity index (χ1) is 10.3. The molecule has 3 N–H and O–H groups in total. The Morgan fingerprint density at radius 3 is 2.67 bits per heavy atom. The highest BCUT2D eigenvalue weighted by Gasteiger charge is 2.25. The number of aromatic amines is 1. The second-order valence-corrected chi connectivity index (χ2v) is 5.36. The SMILES string of the molecule is Cc1[nH]c(-c2ccccc2)nc1C(CN)N1CCOCC1. The molecular weight excluding hydrogens is 264 g/mol. The fraction of sp³-hybridized carbons (Fsp3) is 0.438. The van der Waals surface area contributed by atoms with Gasteiger partial charge in [0.1, 0.15) is 5.82 Å². The molecule has 21 heavy (non-hydrogen) atoms. The van der Waals surface area contributed by atoms with Crippen molar-refractivity contribution in [2.24, 2.45) is 5.73 Å². The standard InChI is InChI=1S/C16H22N4O/c1-12-15(14(11-17)20-7-9-21-10-8-20)19-16(18-12)13-5-3-2-4-6-13/h2-6,14H,7-11,17H2,1H3,(H,18,19). The van der Waals surface area contributed by atoms with Gasteiger partial charge in [0, 0.05) is 30.9 Å². The minimum atomic E-state index is 0.155. The second-order valence-electron chi connectivity index (χ2n) is 5.36. The van der Waals surface area contributed by atoms with Crippen molar-refractivity contribution in [3.8, 4) is 11.4 Å². The lowest BCUT2D eigenvalue weighted by Crippen LogP contribution is -2.42. The zero-order valence-corrected chi connectivity index (χ0v) is 12.4. The van der Waals surface area contributed by atoms with E-state index in [0.29, 0.717) is 6.54 Å². The van der Waals surface area contributed by atoms with Gasteiger partial charge in [-0.25, -0.2) is 4.98 Å². The molecule has 0 radical (unpaired) electrons. The number of rotatable bonds is 4. The Hall–Kier alpha value is -1.69. The van der Waals surface area contributed by atoms with Gasteiger partial charge in [0.2, 0.25) is 0 Å². The Labute approximate surface area is 125 Å². The molecule has 2 heterocycles. The van der Waals surface area contributed by atoms with E-state index in [1.54, 1.807) is 0 Å². The Morgan fingerprint density at radius 1 is 1.29 bits per heavy atom. The average molecular weight is 286 g/mol. The lowest BCUT2D eigenvalue weighted by atomic mass is 10.1. The van der Waals surface area contributed by atoms with Crippen molar-refractivity contribution in [3.63, 3.8) is 0 Å². The van der Waals surface area contributed by atoms with E-state index in [9.17, 15) is 0 Å². The summed E-state index contributed by atoms with van der Waals surface area (Å²) in [5, 5.41) is 0. The molecular formula is C16H22N4O. The molecule has 0 saturated carbocycles. The van der Waals surface area contributed by atoms with Crippen LogP contribution in [-0.2, 0) is 4.74 Å². The third-order valence-corrected chi connectivity index (χ3v) is 3.99. The van der Waals surface area contributed by atoms with Crippen molar-refractivity contribution in [2.75, 3.05) is 32.8 Å². The number of aryl methyl sites for hydroxylation is 1. The van der Waals surface area contributed by atoms with E-state index in [1.807, 2.05) is 18.2 Å². The van der Waals surface area contributed by atoms with E-state index in [1.165, 1.54) is 0 Å². The number of hydrogen-bond donors (Lipinski definition) is 2. The molecule has 5 heteroatoms. The number of morpholine rings is 1. The summed E-state index contributed by atoms with van der Waals surface area (Å²) in [6.45, 7) is 6.00. The van der Waals surface area contributed by atoms with Crippen LogP contribution >= 0.6 is 0 Å². The van der Waals surface area contributed by atoms with E-state index in [2.05, 4.69) is 28.9 Å². The van der Waals surface area contributed by atoms with Gasteiger partial charge in [-0.3, -0.25) is 4.90 Å². The van der Waals surface area contributed by atoms with Gasteiger partial charge >= 0.3 is 0 Å². The first-order valence-corrected chi connectivity index (χ1v) is 7.43. The quantitative estimate of drug-likeness (QED) is 0.898. The smallest absolute Gasteiger partial charge is 0.137 e. The predicted molar refractivity (Wildman–Crippen MR) is 82.9 cm³/mol. The maximum atomic E-state index is 6.02. The molecule has 1 saturated heterocycles. The Morgan fingerprint density at radius 2 is 2.00 bits per heavy atom. The van der Waals surface area contributed by atoms with Crippen molar-refractivity contribution in [2.45, 2.75) is 13.0 Å². The fourth-order valence-electron chi connectivity index (χ4n) is 2.85. The minimum Gasteiger partial charge on any atom is -0.379 e. The summed E-state index contributed by atoms with van der Waals surface area (Å²) in [6.07, 6.45) is 0. The molecule has 2 aromatic rings. The highest BCUT2D eigenvalue weighted by atomic mass is 16.5. The number of benzene rings is 1. The average Bonchev–Trinajstić information content (AvgIpc) is 2.92. The number of ether oxygens (including phenoxy) is 1. The van der Waals surface area contributed by atoms with Gasteiger partial charge in [0.15, 0.2) is 0 Å². The van der Waals surface area contributed by atoms with Crippen molar-refractivity contribution in [1.82, 2.24) is 14.9 Å². The first-order valence-electron chi connectivity index (χ1n) is 7.43. The van der Waals surface area contributed by atoms with Crippen LogP contribution in [0.4, 0.5) is 0 Å². The van der Waals surface area contributed by atoms with E-state index in [4.69, 9.17) is 15.5 Å². The van der Waals surface area contributed by atoms with Crippen LogP contribution in [0.15, 0.2) is 30.3 Å². The number of hydrogen-bond acceptors (Lipinski definition) is 4. The highest BCUT2D eigenvalue weighted by Crippen LogP contribution is 2.25. The summed E-state index contributed by atoms with van der Waals surface area (Å²) >= 11 is 0. The van der Waals surface area contributed by atoms with Gasteiger partial charge in [-0.15, -0.1) is 0 Å². The van der Waals surface area contributed by atoms with E-state index < -0.39 is 0 Å². The van der Waals surface area contributed by atoms with E-state index in [0.717, 1.165) is 49.1 Å². The molecule has 1 aromatic carbocycles. The highest BCUT2D eigenvalue weighted by molar-refractivity contribution is 5.55. The van der Waals surface area contributed by atoms with Crippen molar-refractivity contribution in [1.29, 1.82) is 0 Å². The third-order valence-electron chi connectivity index (χ3n) is 3.99. The zero-order valence-electron chi connectivity index (χ0n) is 12.4. The second kappa shape index (κ2) is 6.39. The lowest BCUT2D eigenvalue weighted by molar-refractivity contribution is 0.0170. The molecule has 1 aliphatic rings. The summed E-state index contributed by atoms with van der Waals surface area (Å²) in [6, 6.07) is 10.3. The van der Waals surface area contributed by atoms with Gasteiger partial charge in [-0.05, 0) is 6.92 Å². The van der Waals surface area contributed by atoms with E-state index >= 15 is 0 Å². The van der Waals surface area contributed by atoms with Crippen LogP contribution < -0.4 is 5.73 Å². The van der Waals surface area contributed by atoms with Gasteiger partial charge in [0.25, 0.3) is 0 Å². The Kier molecular flexibility index (Phi) is 4.34. The van der Waals surface area contributed by atoms with Crippen LogP contribution in [0.1, 0.15) is 17.4 Å². The Bertz CT molecular complexity index is 575. The predicted octanol–water partition coefficient (Wildman–Crippen LogP) is 1.72. The number of nitrogens with zero attached hydrogens (tertiary/aromatic N) is 2. The molecule has 1 atom stereocenters. The van der Waals surface area contributed by atoms with Crippen LogP contribution in [-0.4, -0.2) is 47.7 Å². The summed E-state index contributed by atoms with van der Waals surface area (Å²) < 4.78 is 5.42. The Balaban J connectivity index is 1.88. The van der Waals surface area contributed by atoms with Crippen LogP contribution in [0.2, 0.25) is 0 Å².